The van der Waals surface area contributed by atoms with E-state index < -0.39 is 0 Å². The molecule has 3 heteroatoms. The lowest BCUT2D eigenvalue weighted by Crippen LogP contribution is -2.67. The number of rotatable bonds is 6. The molecule has 2 saturated carbocycles. The molecule has 1 heterocycles. The summed E-state index contributed by atoms with van der Waals surface area (Å²) in [6.07, 6.45) is 8.74. The first-order valence-electron chi connectivity index (χ1n) is 8.35. The Morgan fingerprint density at radius 1 is 1.26 bits per heavy atom. The number of hydrogen-bond donors (Lipinski definition) is 1. The Morgan fingerprint density at radius 2 is 2.00 bits per heavy atom. The molecule has 2 aliphatic carbocycles. The van der Waals surface area contributed by atoms with Crippen LogP contribution in [0.25, 0.3) is 0 Å². The van der Waals surface area contributed by atoms with Crippen LogP contribution in [0.1, 0.15) is 52.4 Å². The Bertz CT molecular complexity index is 297. The molecule has 3 aliphatic rings. The van der Waals surface area contributed by atoms with Gasteiger partial charge in [0.1, 0.15) is 0 Å². The Labute approximate surface area is 118 Å². The molecule has 3 rings (SSSR count). The van der Waals surface area contributed by atoms with Crippen LogP contribution in [-0.2, 0) is 4.74 Å². The predicted octanol–water partition coefficient (Wildman–Crippen LogP) is 2.41. The fraction of sp³-hybridized carbons (Fsp3) is 1.00. The van der Waals surface area contributed by atoms with Gasteiger partial charge >= 0.3 is 0 Å². The maximum Gasteiger partial charge on any atom is 0.0661 e. The second-order valence-electron chi connectivity index (χ2n) is 6.82. The Morgan fingerprint density at radius 3 is 2.58 bits per heavy atom. The van der Waals surface area contributed by atoms with Crippen molar-refractivity contribution < 1.29 is 4.74 Å². The van der Waals surface area contributed by atoms with Crippen molar-refractivity contribution in [2.45, 2.75) is 70.6 Å². The molecule has 3 fully saturated rings. The van der Waals surface area contributed by atoms with E-state index in [-0.39, 0.29) is 0 Å². The molecule has 1 spiro atoms. The minimum absolute atomic E-state index is 0.515. The fourth-order valence-electron chi connectivity index (χ4n) is 4.35. The molecule has 1 N–H and O–H groups in total. The Kier molecular flexibility index (Phi) is 4.16. The first kappa shape index (κ1) is 13.8. The average Bonchev–Trinajstić information content (AvgIpc) is 2.84. The van der Waals surface area contributed by atoms with Gasteiger partial charge in [0.15, 0.2) is 0 Å². The highest BCUT2D eigenvalue weighted by Gasteiger charge is 2.58. The number of likely N-dealkylation sites (tertiary alicyclic amines) is 1. The third kappa shape index (κ3) is 2.45. The summed E-state index contributed by atoms with van der Waals surface area (Å²) in [7, 11) is 0. The van der Waals surface area contributed by atoms with Crippen LogP contribution in [0.2, 0.25) is 0 Å². The van der Waals surface area contributed by atoms with E-state index in [1.807, 2.05) is 0 Å². The number of ether oxygens (including phenoxy) is 1. The molecule has 1 saturated heterocycles. The maximum absolute atomic E-state index is 5.92. The van der Waals surface area contributed by atoms with Gasteiger partial charge in [-0.25, -0.2) is 0 Å². The Balaban J connectivity index is 1.45. The van der Waals surface area contributed by atoms with E-state index in [2.05, 4.69) is 24.1 Å². The lowest BCUT2D eigenvalue weighted by atomic mass is 9.51. The molecule has 0 amide bonds. The quantitative estimate of drug-likeness (QED) is 0.799. The van der Waals surface area contributed by atoms with Crippen molar-refractivity contribution in [1.29, 1.82) is 0 Å². The van der Waals surface area contributed by atoms with E-state index in [9.17, 15) is 0 Å². The normalized spacial score (nSPS) is 35.1. The van der Waals surface area contributed by atoms with Crippen molar-refractivity contribution in [3.63, 3.8) is 0 Å². The van der Waals surface area contributed by atoms with E-state index in [1.165, 1.54) is 51.6 Å². The van der Waals surface area contributed by atoms with Gasteiger partial charge in [-0.05, 0) is 59.0 Å². The van der Waals surface area contributed by atoms with E-state index in [4.69, 9.17) is 4.74 Å². The standard InChI is InChI=1S/C16H30N2O/c1-3-19-15-11-14(16(15)7-6-8-16)17-12-13(2)18-9-4-5-10-18/h13-15,17H,3-12H2,1-2H3. The highest BCUT2D eigenvalue weighted by atomic mass is 16.5. The molecule has 3 atom stereocenters. The topological polar surface area (TPSA) is 24.5 Å². The van der Waals surface area contributed by atoms with Crippen molar-refractivity contribution in [2.75, 3.05) is 26.2 Å². The first-order chi connectivity index (χ1) is 9.26. The van der Waals surface area contributed by atoms with Crippen LogP contribution in [0.15, 0.2) is 0 Å². The van der Waals surface area contributed by atoms with Gasteiger partial charge in [0.2, 0.25) is 0 Å². The molecule has 0 bridgehead atoms. The molecule has 110 valence electrons. The Hall–Kier alpha value is -0.120. The predicted molar refractivity (Wildman–Crippen MR) is 78.4 cm³/mol. The van der Waals surface area contributed by atoms with Crippen LogP contribution in [0, 0.1) is 5.41 Å². The minimum Gasteiger partial charge on any atom is -0.378 e. The first-order valence-corrected chi connectivity index (χ1v) is 8.35. The number of nitrogens with one attached hydrogen (secondary N) is 1. The molecule has 1 aliphatic heterocycles. The molecular formula is C16H30N2O. The highest BCUT2D eigenvalue weighted by molar-refractivity contribution is 5.12. The molecule has 3 nitrogen and oxygen atoms in total. The fourth-order valence-corrected chi connectivity index (χ4v) is 4.35. The van der Waals surface area contributed by atoms with E-state index in [1.54, 1.807) is 0 Å². The van der Waals surface area contributed by atoms with Gasteiger partial charge in [0.25, 0.3) is 0 Å². The molecule has 3 unspecified atom stereocenters. The monoisotopic (exact) mass is 266 g/mol. The van der Waals surface area contributed by atoms with Gasteiger partial charge < -0.3 is 10.1 Å². The number of nitrogens with zero attached hydrogens (tertiary/aromatic N) is 1. The van der Waals surface area contributed by atoms with Crippen LogP contribution in [0.4, 0.5) is 0 Å². The summed E-state index contributed by atoms with van der Waals surface area (Å²) in [5.74, 6) is 0. The summed E-state index contributed by atoms with van der Waals surface area (Å²) in [6, 6.07) is 1.42. The van der Waals surface area contributed by atoms with Crippen molar-refractivity contribution in [3.8, 4) is 0 Å². The lowest BCUT2D eigenvalue weighted by molar-refractivity contribution is -0.173. The average molecular weight is 266 g/mol. The molecule has 0 aromatic heterocycles. The van der Waals surface area contributed by atoms with Gasteiger partial charge in [-0.1, -0.05) is 6.42 Å². The van der Waals surface area contributed by atoms with Crippen LogP contribution in [-0.4, -0.2) is 49.3 Å². The SMILES string of the molecule is CCOC1CC(NCC(C)N2CCCC2)C12CCC2. The zero-order valence-electron chi connectivity index (χ0n) is 12.7. The summed E-state index contributed by atoms with van der Waals surface area (Å²) >= 11 is 0. The summed E-state index contributed by atoms with van der Waals surface area (Å²) < 4.78 is 5.92. The zero-order valence-corrected chi connectivity index (χ0v) is 12.7. The van der Waals surface area contributed by atoms with Crippen LogP contribution >= 0.6 is 0 Å². The van der Waals surface area contributed by atoms with Crippen molar-refractivity contribution in [1.82, 2.24) is 10.2 Å². The molecular weight excluding hydrogens is 236 g/mol. The largest absolute Gasteiger partial charge is 0.378 e. The molecule has 0 radical (unpaired) electrons. The van der Waals surface area contributed by atoms with Crippen molar-refractivity contribution >= 4 is 0 Å². The van der Waals surface area contributed by atoms with Gasteiger partial charge in [-0.15, -0.1) is 0 Å². The summed E-state index contributed by atoms with van der Waals surface area (Å²) in [6.45, 7) is 9.15. The van der Waals surface area contributed by atoms with E-state index in [0.29, 0.717) is 17.6 Å². The maximum atomic E-state index is 5.92. The summed E-state index contributed by atoms with van der Waals surface area (Å²) in [4.78, 5) is 2.64. The van der Waals surface area contributed by atoms with Crippen LogP contribution < -0.4 is 5.32 Å². The van der Waals surface area contributed by atoms with Crippen LogP contribution in [0.3, 0.4) is 0 Å². The highest BCUT2D eigenvalue weighted by Crippen LogP contribution is 2.57. The van der Waals surface area contributed by atoms with E-state index >= 15 is 0 Å². The number of hydrogen-bond acceptors (Lipinski definition) is 3. The summed E-state index contributed by atoms with van der Waals surface area (Å²) in [5.41, 5.74) is 0.515. The second-order valence-corrected chi connectivity index (χ2v) is 6.82. The molecule has 19 heavy (non-hydrogen) atoms. The third-order valence-electron chi connectivity index (χ3n) is 5.86. The molecule has 0 aromatic rings. The van der Waals surface area contributed by atoms with Gasteiger partial charge in [0.05, 0.1) is 6.10 Å². The van der Waals surface area contributed by atoms with Crippen LogP contribution in [0.5, 0.6) is 0 Å². The smallest absolute Gasteiger partial charge is 0.0661 e. The van der Waals surface area contributed by atoms with Gasteiger partial charge in [-0.3, -0.25) is 4.90 Å². The zero-order chi connectivity index (χ0) is 13.3. The molecule has 0 aromatic carbocycles. The third-order valence-corrected chi connectivity index (χ3v) is 5.86. The van der Waals surface area contributed by atoms with Crippen molar-refractivity contribution in [2.24, 2.45) is 5.41 Å². The van der Waals surface area contributed by atoms with Gasteiger partial charge in [-0.2, -0.15) is 0 Å². The summed E-state index contributed by atoms with van der Waals surface area (Å²) in [5, 5.41) is 3.86. The minimum atomic E-state index is 0.515. The lowest BCUT2D eigenvalue weighted by Gasteiger charge is -2.61. The van der Waals surface area contributed by atoms with Crippen molar-refractivity contribution in [3.05, 3.63) is 0 Å². The second kappa shape index (κ2) is 5.71. The van der Waals surface area contributed by atoms with Gasteiger partial charge in [0, 0.05) is 30.7 Å². The van der Waals surface area contributed by atoms with E-state index in [0.717, 1.165) is 19.2 Å².